The van der Waals surface area contributed by atoms with E-state index in [1.165, 1.54) is 27.1 Å². The molecule has 106 valence electrons. The van der Waals surface area contributed by atoms with Crippen LogP contribution in [0.4, 0.5) is 0 Å². The van der Waals surface area contributed by atoms with Crippen molar-refractivity contribution in [1.29, 1.82) is 0 Å². The molecule has 1 unspecified atom stereocenters. The molecule has 0 spiro atoms. The molecule has 0 fully saturated rings. The van der Waals surface area contributed by atoms with Gasteiger partial charge in [-0.1, -0.05) is 47.5 Å². The Labute approximate surface area is 126 Å². The average molecular weight is 285 g/mol. The molecule has 20 heavy (non-hydrogen) atoms. The molecule has 2 aromatic rings. The molecule has 0 saturated heterocycles. The first-order valence-corrected chi connectivity index (χ1v) is 8.02. The van der Waals surface area contributed by atoms with Gasteiger partial charge >= 0.3 is 0 Å². The van der Waals surface area contributed by atoms with E-state index in [1.807, 2.05) is 18.8 Å². The minimum atomic E-state index is 0.389. The predicted octanol–water partition coefficient (Wildman–Crippen LogP) is 4.66. The van der Waals surface area contributed by atoms with E-state index in [2.05, 4.69) is 68.6 Å². The summed E-state index contributed by atoms with van der Waals surface area (Å²) in [5, 5.41) is 3.42. The molecule has 0 amide bonds. The minimum Gasteiger partial charge on any atom is -0.312 e. The monoisotopic (exact) mass is 285 g/mol. The molecule has 0 aliphatic rings. The number of nitrogens with one attached hydrogen (secondary N) is 1. The van der Waals surface area contributed by atoms with Crippen LogP contribution in [0.5, 0.6) is 0 Å². The van der Waals surface area contributed by atoms with Crippen LogP contribution < -0.4 is 5.32 Å². The maximum Gasteiger partial charge on any atom is 0.0412 e. The van der Waals surface area contributed by atoms with Crippen LogP contribution in [-0.4, -0.2) is 12.8 Å². The van der Waals surface area contributed by atoms with Crippen LogP contribution in [0.3, 0.4) is 0 Å². The van der Waals surface area contributed by atoms with Crippen molar-refractivity contribution in [3.8, 4) is 0 Å². The van der Waals surface area contributed by atoms with E-state index in [0.29, 0.717) is 6.04 Å². The largest absolute Gasteiger partial charge is 0.312 e. The number of benzene rings is 2. The Morgan fingerprint density at radius 1 is 0.950 bits per heavy atom. The van der Waals surface area contributed by atoms with Crippen LogP contribution in [0.15, 0.2) is 47.4 Å². The molecule has 0 saturated carbocycles. The van der Waals surface area contributed by atoms with Crippen LogP contribution in [0, 0.1) is 20.8 Å². The summed E-state index contributed by atoms with van der Waals surface area (Å²) in [5.74, 6) is 1.05. The molecule has 0 aliphatic carbocycles. The quantitative estimate of drug-likeness (QED) is 0.802. The lowest BCUT2D eigenvalue weighted by molar-refractivity contribution is 0.661. The van der Waals surface area contributed by atoms with Gasteiger partial charge in [0.1, 0.15) is 0 Å². The summed E-state index contributed by atoms with van der Waals surface area (Å²) in [5.41, 5.74) is 5.36. The van der Waals surface area contributed by atoms with Gasteiger partial charge in [0.2, 0.25) is 0 Å². The molecule has 0 heterocycles. The maximum absolute atomic E-state index is 3.42. The number of hydrogen-bond donors (Lipinski definition) is 1. The molecular weight excluding hydrogens is 262 g/mol. The van der Waals surface area contributed by atoms with Crippen molar-refractivity contribution in [3.05, 3.63) is 64.7 Å². The van der Waals surface area contributed by atoms with E-state index in [1.54, 1.807) is 0 Å². The third kappa shape index (κ3) is 3.87. The Kier molecular flexibility index (Phi) is 5.27. The summed E-state index contributed by atoms with van der Waals surface area (Å²) in [6, 6.07) is 15.9. The molecule has 0 bridgehead atoms. The predicted molar refractivity (Wildman–Crippen MR) is 89.6 cm³/mol. The van der Waals surface area contributed by atoms with Gasteiger partial charge in [-0.2, -0.15) is 0 Å². The third-order valence-electron chi connectivity index (χ3n) is 3.58. The topological polar surface area (TPSA) is 12.0 Å². The fourth-order valence-corrected chi connectivity index (χ4v) is 3.45. The molecular formula is C18H23NS. The van der Waals surface area contributed by atoms with Crippen molar-refractivity contribution in [2.45, 2.75) is 31.7 Å². The van der Waals surface area contributed by atoms with Gasteiger partial charge < -0.3 is 5.32 Å². The summed E-state index contributed by atoms with van der Waals surface area (Å²) in [6.45, 7) is 6.46. The Morgan fingerprint density at radius 2 is 1.60 bits per heavy atom. The highest BCUT2D eigenvalue weighted by Gasteiger charge is 2.10. The highest BCUT2D eigenvalue weighted by Crippen LogP contribution is 2.28. The molecule has 0 radical (unpaired) electrons. The lowest BCUT2D eigenvalue weighted by Crippen LogP contribution is -2.18. The molecule has 2 aromatic carbocycles. The van der Waals surface area contributed by atoms with Gasteiger partial charge in [-0.15, -0.1) is 11.8 Å². The maximum atomic E-state index is 3.42. The van der Waals surface area contributed by atoms with E-state index in [-0.39, 0.29) is 0 Å². The van der Waals surface area contributed by atoms with E-state index >= 15 is 0 Å². The fraction of sp³-hybridized carbons (Fsp3) is 0.333. The summed E-state index contributed by atoms with van der Waals surface area (Å²) in [7, 11) is 2.04. The highest BCUT2D eigenvalue weighted by molar-refractivity contribution is 7.99. The Hall–Kier alpha value is -1.25. The SMILES string of the molecule is CNC(CSc1cc(C)ccc1C)c1ccc(C)cc1. The summed E-state index contributed by atoms with van der Waals surface area (Å²) < 4.78 is 0. The molecule has 2 heteroatoms. The van der Waals surface area contributed by atoms with Gasteiger partial charge in [-0.25, -0.2) is 0 Å². The minimum absolute atomic E-state index is 0.389. The van der Waals surface area contributed by atoms with Gasteiger partial charge in [0, 0.05) is 16.7 Å². The van der Waals surface area contributed by atoms with Crippen molar-refractivity contribution >= 4 is 11.8 Å². The Balaban J connectivity index is 2.07. The first-order chi connectivity index (χ1) is 9.60. The third-order valence-corrected chi connectivity index (χ3v) is 4.83. The molecule has 0 aliphatic heterocycles. The summed E-state index contributed by atoms with van der Waals surface area (Å²) in [6.07, 6.45) is 0. The molecule has 1 atom stereocenters. The first-order valence-electron chi connectivity index (χ1n) is 7.04. The average Bonchev–Trinajstić information content (AvgIpc) is 2.45. The number of rotatable bonds is 5. The number of thioether (sulfide) groups is 1. The molecule has 1 nitrogen and oxygen atoms in total. The lowest BCUT2D eigenvalue weighted by Gasteiger charge is -2.17. The van der Waals surface area contributed by atoms with E-state index in [4.69, 9.17) is 0 Å². The van der Waals surface area contributed by atoms with Crippen molar-refractivity contribution < 1.29 is 0 Å². The number of hydrogen-bond acceptors (Lipinski definition) is 2. The summed E-state index contributed by atoms with van der Waals surface area (Å²) in [4.78, 5) is 1.39. The standard InChI is InChI=1S/C18H23NS/c1-13-6-9-16(10-7-13)17(19-4)12-20-18-11-14(2)5-8-15(18)3/h5-11,17,19H,12H2,1-4H3. The molecule has 0 aromatic heterocycles. The van der Waals surface area contributed by atoms with Gasteiger partial charge in [-0.3, -0.25) is 0 Å². The molecule has 1 N–H and O–H groups in total. The van der Waals surface area contributed by atoms with Crippen LogP contribution in [0.25, 0.3) is 0 Å². The smallest absolute Gasteiger partial charge is 0.0412 e. The van der Waals surface area contributed by atoms with Crippen molar-refractivity contribution in [2.24, 2.45) is 0 Å². The van der Waals surface area contributed by atoms with Crippen molar-refractivity contribution in [3.63, 3.8) is 0 Å². The van der Waals surface area contributed by atoms with E-state index < -0.39 is 0 Å². The van der Waals surface area contributed by atoms with Gasteiger partial charge in [0.15, 0.2) is 0 Å². The van der Waals surface area contributed by atoms with Gasteiger partial charge in [0.25, 0.3) is 0 Å². The normalized spacial score (nSPS) is 12.4. The zero-order valence-electron chi connectivity index (χ0n) is 12.7. The van der Waals surface area contributed by atoms with Crippen LogP contribution in [0.2, 0.25) is 0 Å². The number of aryl methyl sites for hydroxylation is 3. The van der Waals surface area contributed by atoms with E-state index in [0.717, 1.165) is 5.75 Å². The second kappa shape index (κ2) is 6.96. The Bertz CT molecular complexity index is 560. The van der Waals surface area contributed by atoms with Crippen molar-refractivity contribution in [1.82, 2.24) is 5.32 Å². The fourth-order valence-electron chi connectivity index (χ4n) is 2.18. The first kappa shape index (κ1) is 15.1. The van der Waals surface area contributed by atoms with Crippen LogP contribution in [0.1, 0.15) is 28.3 Å². The Morgan fingerprint density at radius 3 is 2.25 bits per heavy atom. The highest BCUT2D eigenvalue weighted by atomic mass is 32.2. The zero-order chi connectivity index (χ0) is 14.5. The van der Waals surface area contributed by atoms with Gasteiger partial charge in [-0.05, 0) is 45.0 Å². The lowest BCUT2D eigenvalue weighted by atomic mass is 10.1. The van der Waals surface area contributed by atoms with Crippen molar-refractivity contribution in [2.75, 3.05) is 12.8 Å². The van der Waals surface area contributed by atoms with Gasteiger partial charge in [0.05, 0.1) is 0 Å². The second-order valence-corrected chi connectivity index (χ2v) is 6.39. The zero-order valence-corrected chi connectivity index (χ0v) is 13.6. The van der Waals surface area contributed by atoms with Crippen LogP contribution in [-0.2, 0) is 0 Å². The molecule has 2 rings (SSSR count). The van der Waals surface area contributed by atoms with E-state index in [9.17, 15) is 0 Å². The summed E-state index contributed by atoms with van der Waals surface area (Å²) >= 11 is 1.93. The second-order valence-electron chi connectivity index (χ2n) is 5.33. The van der Waals surface area contributed by atoms with Crippen LogP contribution >= 0.6 is 11.8 Å².